The van der Waals surface area contributed by atoms with Crippen LogP contribution < -0.4 is 10.2 Å². The third-order valence-corrected chi connectivity index (χ3v) is 8.52. The molecule has 5 rings (SSSR count). The number of benzene rings is 1. The monoisotopic (exact) mass is 482 g/mol. The van der Waals surface area contributed by atoms with E-state index < -0.39 is 12.1 Å². The Labute approximate surface area is 207 Å². The van der Waals surface area contributed by atoms with Gasteiger partial charge in [-0.2, -0.15) is 0 Å². The van der Waals surface area contributed by atoms with Crippen LogP contribution in [-0.2, 0) is 14.3 Å². The predicted molar refractivity (Wildman–Crippen MR) is 133 cm³/mol. The maximum atomic E-state index is 13.8. The number of ether oxygens (including phenoxy) is 1. The number of piperazine rings is 1. The van der Waals surface area contributed by atoms with Gasteiger partial charge in [-0.1, -0.05) is 19.8 Å². The summed E-state index contributed by atoms with van der Waals surface area (Å²) in [5.41, 5.74) is 1.68. The molecule has 2 unspecified atom stereocenters. The summed E-state index contributed by atoms with van der Waals surface area (Å²) in [6.07, 6.45) is 4.62. The Hall–Kier alpha value is -2.45. The molecule has 1 saturated carbocycles. The molecule has 1 aliphatic carbocycles. The van der Waals surface area contributed by atoms with E-state index in [0.29, 0.717) is 12.1 Å². The zero-order valence-electron chi connectivity index (χ0n) is 20.9. The van der Waals surface area contributed by atoms with Crippen LogP contribution >= 0.6 is 0 Å². The quantitative estimate of drug-likeness (QED) is 0.667. The molecule has 4 aliphatic rings. The topological polar surface area (TPSA) is 82.2 Å². The first-order valence-corrected chi connectivity index (χ1v) is 13.3. The van der Waals surface area contributed by atoms with Crippen molar-refractivity contribution in [2.24, 2.45) is 11.8 Å². The smallest absolute Gasteiger partial charge is 0.251 e. The normalized spacial score (nSPS) is 28.4. The van der Waals surface area contributed by atoms with Crippen LogP contribution in [0.4, 0.5) is 5.69 Å². The van der Waals surface area contributed by atoms with Gasteiger partial charge in [0, 0.05) is 49.9 Å². The van der Waals surface area contributed by atoms with Crippen molar-refractivity contribution in [3.8, 4) is 0 Å². The fourth-order valence-electron chi connectivity index (χ4n) is 6.31. The number of Topliss-reactive ketones (excluding diaryl/α,β-unsaturated/α-hetero) is 1. The van der Waals surface area contributed by atoms with E-state index in [-0.39, 0.29) is 42.1 Å². The lowest BCUT2D eigenvalue weighted by Crippen LogP contribution is -2.54. The zero-order valence-corrected chi connectivity index (χ0v) is 20.9. The van der Waals surface area contributed by atoms with Gasteiger partial charge in [0.25, 0.3) is 5.91 Å². The fourth-order valence-corrected chi connectivity index (χ4v) is 6.31. The van der Waals surface area contributed by atoms with E-state index in [9.17, 15) is 14.4 Å². The highest BCUT2D eigenvalue weighted by molar-refractivity contribution is 5.99. The van der Waals surface area contributed by atoms with E-state index in [1.807, 2.05) is 24.3 Å². The molecule has 0 radical (unpaired) electrons. The van der Waals surface area contributed by atoms with Gasteiger partial charge < -0.3 is 24.8 Å². The van der Waals surface area contributed by atoms with Gasteiger partial charge >= 0.3 is 0 Å². The number of amides is 2. The van der Waals surface area contributed by atoms with Crippen LogP contribution in [0.3, 0.4) is 0 Å². The molecule has 2 amide bonds. The molecule has 8 nitrogen and oxygen atoms in total. The molecule has 3 aliphatic heterocycles. The molecule has 4 atom stereocenters. The second kappa shape index (κ2) is 10.3. The first kappa shape index (κ1) is 24.3. The Morgan fingerprint density at radius 3 is 2.43 bits per heavy atom. The lowest BCUT2D eigenvalue weighted by molar-refractivity contribution is -0.139. The molecule has 4 fully saturated rings. The molecule has 3 heterocycles. The molecule has 3 saturated heterocycles. The summed E-state index contributed by atoms with van der Waals surface area (Å²) >= 11 is 0. The fraction of sp³-hybridized carbons (Fsp3) is 0.667. The van der Waals surface area contributed by atoms with Crippen molar-refractivity contribution < 1.29 is 19.1 Å². The third kappa shape index (κ3) is 4.83. The summed E-state index contributed by atoms with van der Waals surface area (Å²) in [7, 11) is 2.13. The summed E-state index contributed by atoms with van der Waals surface area (Å²) < 4.78 is 5.76. The highest BCUT2D eigenvalue weighted by Crippen LogP contribution is 2.36. The Balaban J connectivity index is 1.30. The average Bonchev–Trinajstić information content (AvgIpc) is 3.62. The van der Waals surface area contributed by atoms with Gasteiger partial charge in [-0.15, -0.1) is 0 Å². The number of anilines is 1. The molecule has 35 heavy (non-hydrogen) atoms. The lowest BCUT2D eigenvalue weighted by atomic mass is 9.95. The van der Waals surface area contributed by atoms with Gasteiger partial charge in [0.1, 0.15) is 18.7 Å². The number of likely N-dealkylation sites (N-methyl/N-ethyl adjacent to an activating group) is 1. The largest absolute Gasteiger partial charge is 0.369 e. The van der Waals surface area contributed by atoms with Crippen molar-refractivity contribution in [2.45, 2.75) is 57.2 Å². The van der Waals surface area contributed by atoms with Crippen molar-refractivity contribution in [3.63, 3.8) is 0 Å². The number of likely N-dealkylation sites (tertiary alicyclic amines) is 1. The molecule has 1 aromatic carbocycles. The highest BCUT2D eigenvalue weighted by atomic mass is 16.5. The summed E-state index contributed by atoms with van der Waals surface area (Å²) in [5.74, 6) is -0.0959. The summed E-state index contributed by atoms with van der Waals surface area (Å²) in [5, 5.41) is 3.08. The summed E-state index contributed by atoms with van der Waals surface area (Å²) in [6.45, 7) is 6.67. The number of fused-ring (bicyclic) bond motifs is 1. The molecule has 1 aromatic rings. The van der Waals surface area contributed by atoms with Crippen molar-refractivity contribution in [2.75, 3.05) is 51.3 Å². The molecule has 0 bridgehead atoms. The van der Waals surface area contributed by atoms with E-state index in [0.717, 1.165) is 64.0 Å². The van der Waals surface area contributed by atoms with E-state index in [1.54, 1.807) is 4.90 Å². The average molecular weight is 483 g/mol. The van der Waals surface area contributed by atoms with Crippen LogP contribution in [0.5, 0.6) is 0 Å². The van der Waals surface area contributed by atoms with E-state index in [2.05, 4.69) is 29.1 Å². The second-order valence-electron chi connectivity index (χ2n) is 10.7. The number of carbonyl (C=O) groups is 3. The zero-order chi connectivity index (χ0) is 24.5. The van der Waals surface area contributed by atoms with Gasteiger partial charge in [-0.25, -0.2) is 0 Å². The molecular weight excluding hydrogens is 444 g/mol. The van der Waals surface area contributed by atoms with Crippen LogP contribution in [-0.4, -0.2) is 92.0 Å². The number of hydrogen-bond acceptors (Lipinski definition) is 6. The Morgan fingerprint density at radius 1 is 1.09 bits per heavy atom. The first-order valence-electron chi connectivity index (χ1n) is 13.3. The van der Waals surface area contributed by atoms with Gasteiger partial charge in [-0.05, 0) is 56.5 Å². The SMILES string of the molecule is CCC1CN(C(=O)C(NC(=O)c2ccc(N3CCN(C)CC3)cc2)C2CCCC2)[C@@H]2C(=O)CO[C@H]12. The van der Waals surface area contributed by atoms with E-state index >= 15 is 0 Å². The standard InChI is InChI=1S/C27H38N4O4/c1-3-18-16-31(24-22(32)17-35-25(18)24)27(34)23(19-6-4-5-7-19)28-26(33)20-8-10-21(11-9-20)30-14-12-29(2)13-15-30/h8-11,18-19,23-25H,3-7,12-17H2,1-2H3,(H,28,33)/t18?,23?,24-,25-/m1/s1. The number of rotatable bonds is 6. The number of nitrogens with zero attached hydrogens (tertiary/aromatic N) is 3. The minimum Gasteiger partial charge on any atom is -0.369 e. The summed E-state index contributed by atoms with van der Waals surface area (Å²) in [4.78, 5) is 46.1. The molecule has 8 heteroatoms. The van der Waals surface area contributed by atoms with Crippen LogP contribution in [0.1, 0.15) is 49.4 Å². The molecule has 1 N–H and O–H groups in total. The van der Waals surface area contributed by atoms with Gasteiger partial charge in [-0.3, -0.25) is 14.4 Å². The third-order valence-electron chi connectivity index (χ3n) is 8.52. The van der Waals surface area contributed by atoms with Crippen molar-refractivity contribution in [3.05, 3.63) is 29.8 Å². The van der Waals surface area contributed by atoms with Crippen LogP contribution in [0.25, 0.3) is 0 Å². The Bertz CT molecular complexity index is 937. The molecular formula is C27H38N4O4. The Morgan fingerprint density at radius 2 is 1.77 bits per heavy atom. The van der Waals surface area contributed by atoms with Crippen molar-refractivity contribution in [1.29, 1.82) is 0 Å². The van der Waals surface area contributed by atoms with Crippen LogP contribution in [0.2, 0.25) is 0 Å². The van der Waals surface area contributed by atoms with Crippen LogP contribution in [0.15, 0.2) is 24.3 Å². The van der Waals surface area contributed by atoms with Gasteiger partial charge in [0.05, 0.1) is 6.10 Å². The van der Waals surface area contributed by atoms with Gasteiger partial charge in [0.2, 0.25) is 5.91 Å². The Kier molecular flexibility index (Phi) is 7.12. The van der Waals surface area contributed by atoms with Crippen molar-refractivity contribution in [1.82, 2.24) is 15.1 Å². The number of ketones is 1. The highest BCUT2D eigenvalue weighted by Gasteiger charge is 2.53. The number of carbonyl (C=O) groups excluding carboxylic acids is 3. The first-order chi connectivity index (χ1) is 17.0. The molecule has 190 valence electrons. The molecule has 0 spiro atoms. The molecule has 0 aromatic heterocycles. The predicted octanol–water partition coefficient (Wildman–Crippen LogP) is 1.93. The number of nitrogens with one attached hydrogen (secondary N) is 1. The van der Waals surface area contributed by atoms with Crippen molar-refractivity contribution >= 4 is 23.3 Å². The minimum atomic E-state index is -0.605. The summed E-state index contributed by atoms with van der Waals surface area (Å²) in [6, 6.07) is 6.60. The van der Waals surface area contributed by atoms with Crippen LogP contribution in [0, 0.1) is 11.8 Å². The number of hydrogen-bond donors (Lipinski definition) is 1. The minimum absolute atomic E-state index is 0.0182. The van der Waals surface area contributed by atoms with Gasteiger partial charge in [0.15, 0.2) is 5.78 Å². The maximum Gasteiger partial charge on any atom is 0.251 e. The van der Waals surface area contributed by atoms with E-state index in [4.69, 9.17) is 4.74 Å². The van der Waals surface area contributed by atoms with E-state index in [1.165, 1.54) is 0 Å². The second-order valence-corrected chi connectivity index (χ2v) is 10.7. The maximum absolute atomic E-state index is 13.8. The lowest BCUT2D eigenvalue weighted by Gasteiger charge is -2.34.